The lowest BCUT2D eigenvalue weighted by molar-refractivity contribution is 1.30. The molecule has 0 spiro atoms. The Labute approximate surface area is 56.8 Å². The summed E-state index contributed by atoms with van der Waals surface area (Å²) in [5.41, 5.74) is 2.43. The Balaban J connectivity index is 4.19. The van der Waals surface area contributed by atoms with Crippen LogP contribution < -0.4 is 0 Å². The highest BCUT2D eigenvalue weighted by Gasteiger charge is 1.86. The maximum Gasteiger partial charge on any atom is 0.0292 e. The van der Waals surface area contributed by atoms with E-state index in [1.165, 1.54) is 11.1 Å². The summed E-state index contributed by atoms with van der Waals surface area (Å²) >= 11 is 0. The van der Waals surface area contributed by atoms with E-state index < -0.39 is 0 Å². The minimum atomic E-state index is 1.17. The SMILES string of the molecule is C=N/C=C(C)/C(C)=C/C. The van der Waals surface area contributed by atoms with Gasteiger partial charge in [-0.3, -0.25) is 4.99 Å². The van der Waals surface area contributed by atoms with E-state index in [4.69, 9.17) is 0 Å². The van der Waals surface area contributed by atoms with Gasteiger partial charge in [-0.15, -0.1) is 0 Å². The first-order valence-corrected chi connectivity index (χ1v) is 2.98. The third-order valence-corrected chi connectivity index (χ3v) is 1.34. The van der Waals surface area contributed by atoms with Crippen molar-refractivity contribution >= 4 is 6.72 Å². The summed E-state index contributed by atoms with van der Waals surface area (Å²) in [4.78, 5) is 3.65. The van der Waals surface area contributed by atoms with Crippen molar-refractivity contribution in [3.8, 4) is 0 Å². The monoisotopic (exact) mass is 123 g/mol. The lowest BCUT2D eigenvalue weighted by Crippen LogP contribution is -1.75. The molecule has 0 fully saturated rings. The molecule has 0 saturated heterocycles. The van der Waals surface area contributed by atoms with Gasteiger partial charge in [0.2, 0.25) is 0 Å². The van der Waals surface area contributed by atoms with Crippen molar-refractivity contribution in [1.29, 1.82) is 0 Å². The van der Waals surface area contributed by atoms with Crippen LogP contribution >= 0.6 is 0 Å². The summed E-state index contributed by atoms with van der Waals surface area (Å²) < 4.78 is 0. The summed E-state index contributed by atoms with van der Waals surface area (Å²) in [7, 11) is 0. The molecule has 0 aliphatic heterocycles. The zero-order chi connectivity index (χ0) is 7.28. The van der Waals surface area contributed by atoms with Crippen molar-refractivity contribution in [3.05, 3.63) is 23.4 Å². The topological polar surface area (TPSA) is 12.4 Å². The van der Waals surface area contributed by atoms with E-state index in [0.717, 1.165) is 0 Å². The molecule has 0 aromatic rings. The highest BCUT2D eigenvalue weighted by atomic mass is 14.6. The van der Waals surface area contributed by atoms with Gasteiger partial charge in [0.05, 0.1) is 0 Å². The molecule has 0 saturated carbocycles. The van der Waals surface area contributed by atoms with E-state index in [0.29, 0.717) is 0 Å². The van der Waals surface area contributed by atoms with Crippen molar-refractivity contribution in [1.82, 2.24) is 0 Å². The Hall–Kier alpha value is -0.850. The zero-order valence-corrected chi connectivity index (χ0v) is 6.31. The average Bonchev–Trinajstić information content (AvgIpc) is 1.87. The Morgan fingerprint density at radius 2 is 1.89 bits per heavy atom. The summed E-state index contributed by atoms with van der Waals surface area (Å²) in [6.45, 7) is 9.44. The summed E-state index contributed by atoms with van der Waals surface area (Å²) in [6.07, 6.45) is 3.81. The van der Waals surface area contributed by atoms with Gasteiger partial charge in [-0.2, -0.15) is 0 Å². The molecule has 1 heteroatoms. The molecule has 0 N–H and O–H groups in total. The highest BCUT2D eigenvalue weighted by Crippen LogP contribution is 2.06. The first-order valence-electron chi connectivity index (χ1n) is 2.98. The van der Waals surface area contributed by atoms with Crippen LogP contribution in [0.2, 0.25) is 0 Å². The van der Waals surface area contributed by atoms with Crippen LogP contribution in [0, 0.1) is 0 Å². The standard InChI is InChI=1S/C8H13N/c1-5-7(2)8(3)6-9-4/h5-6H,4H2,1-3H3/b7-5+,8-6+. The number of allylic oxidation sites excluding steroid dienone is 3. The maximum absolute atomic E-state index is 3.65. The second kappa shape index (κ2) is 4.07. The Morgan fingerprint density at radius 1 is 1.33 bits per heavy atom. The quantitative estimate of drug-likeness (QED) is 0.395. The van der Waals surface area contributed by atoms with Crippen LogP contribution in [0.5, 0.6) is 0 Å². The van der Waals surface area contributed by atoms with E-state index in [-0.39, 0.29) is 0 Å². The Morgan fingerprint density at radius 3 is 2.22 bits per heavy atom. The van der Waals surface area contributed by atoms with Crippen molar-refractivity contribution in [2.45, 2.75) is 20.8 Å². The summed E-state index contributed by atoms with van der Waals surface area (Å²) in [5, 5.41) is 0. The van der Waals surface area contributed by atoms with Gasteiger partial charge in [0, 0.05) is 6.20 Å². The number of nitrogens with zero attached hydrogens (tertiary/aromatic N) is 1. The number of rotatable bonds is 2. The Kier molecular flexibility index (Phi) is 3.69. The molecular formula is C8H13N. The molecule has 0 aliphatic rings. The molecular weight excluding hydrogens is 110 g/mol. The molecule has 0 unspecified atom stereocenters. The van der Waals surface area contributed by atoms with E-state index in [9.17, 15) is 0 Å². The van der Waals surface area contributed by atoms with Crippen LogP contribution in [0.25, 0.3) is 0 Å². The molecule has 0 aromatic carbocycles. The summed E-state index contributed by atoms with van der Waals surface area (Å²) in [5.74, 6) is 0. The second-order valence-electron chi connectivity index (χ2n) is 1.97. The zero-order valence-electron chi connectivity index (χ0n) is 6.31. The van der Waals surface area contributed by atoms with Crippen LogP contribution in [0.3, 0.4) is 0 Å². The number of hydrogen-bond donors (Lipinski definition) is 0. The number of hydrogen-bond acceptors (Lipinski definition) is 1. The molecule has 1 nitrogen and oxygen atoms in total. The third kappa shape index (κ3) is 2.85. The Bertz CT molecular complexity index is 152. The third-order valence-electron chi connectivity index (χ3n) is 1.34. The van der Waals surface area contributed by atoms with E-state index in [1.54, 1.807) is 6.20 Å². The predicted octanol–water partition coefficient (Wildman–Crippen LogP) is 2.56. The van der Waals surface area contributed by atoms with Gasteiger partial charge < -0.3 is 0 Å². The minimum Gasteiger partial charge on any atom is -0.272 e. The molecule has 0 atom stereocenters. The first kappa shape index (κ1) is 8.15. The van der Waals surface area contributed by atoms with Crippen molar-refractivity contribution in [2.24, 2.45) is 4.99 Å². The molecule has 0 rings (SSSR count). The van der Waals surface area contributed by atoms with Crippen LogP contribution in [-0.4, -0.2) is 6.72 Å². The van der Waals surface area contributed by atoms with Crippen molar-refractivity contribution in [3.63, 3.8) is 0 Å². The minimum absolute atomic E-state index is 1.17. The van der Waals surface area contributed by atoms with Gasteiger partial charge in [-0.1, -0.05) is 11.6 Å². The van der Waals surface area contributed by atoms with E-state index in [1.807, 2.05) is 13.8 Å². The summed E-state index contributed by atoms with van der Waals surface area (Å²) in [6, 6.07) is 0. The molecule has 0 amide bonds. The van der Waals surface area contributed by atoms with Gasteiger partial charge >= 0.3 is 0 Å². The van der Waals surface area contributed by atoms with Crippen molar-refractivity contribution < 1.29 is 0 Å². The fraction of sp³-hybridized carbons (Fsp3) is 0.375. The van der Waals surface area contributed by atoms with E-state index >= 15 is 0 Å². The highest BCUT2D eigenvalue weighted by molar-refractivity contribution is 5.31. The van der Waals surface area contributed by atoms with Gasteiger partial charge in [-0.25, -0.2) is 0 Å². The average molecular weight is 123 g/mol. The molecule has 0 aliphatic carbocycles. The predicted molar refractivity (Wildman–Crippen MR) is 42.7 cm³/mol. The fourth-order valence-electron chi connectivity index (χ4n) is 0.466. The van der Waals surface area contributed by atoms with Crippen molar-refractivity contribution in [2.75, 3.05) is 0 Å². The molecule has 0 aromatic heterocycles. The first-order chi connectivity index (χ1) is 4.22. The van der Waals surface area contributed by atoms with E-state index in [2.05, 4.69) is 24.7 Å². The normalized spacial score (nSPS) is 13.7. The maximum atomic E-state index is 3.65. The molecule has 0 heterocycles. The van der Waals surface area contributed by atoms with Gasteiger partial charge in [-0.05, 0) is 33.1 Å². The molecule has 9 heavy (non-hydrogen) atoms. The van der Waals surface area contributed by atoms with Gasteiger partial charge in [0.15, 0.2) is 0 Å². The second-order valence-corrected chi connectivity index (χ2v) is 1.97. The van der Waals surface area contributed by atoms with Crippen LogP contribution in [-0.2, 0) is 0 Å². The van der Waals surface area contributed by atoms with Gasteiger partial charge in [0.25, 0.3) is 0 Å². The van der Waals surface area contributed by atoms with Crippen LogP contribution in [0.4, 0.5) is 0 Å². The fourth-order valence-corrected chi connectivity index (χ4v) is 0.466. The number of aliphatic imine (C=N–C) groups is 1. The lowest BCUT2D eigenvalue weighted by Gasteiger charge is -1.95. The lowest BCUT2D eigenvalue weighted by atomic mass is 10.1. The van der Waals surface area contributed by atoms with Crippen LogP contribution in [0.1, 0.15) is 20.8 Å². The van der Waals surface area contributed by atoms with Crippen LogP contribution in [0.15, 0.2) is 28.4 Å². The largest absolute Gasteiger partial charge is 0.272 e. The van der Waals surface area contributed by atoms with Gasteiger partial charge in [0.1, 0.15) is 0 Å². The molecule has 0 bridgehead atoms. The molecule has 50 valence electrons. The smallest absolute Gasteiger partial charge is 0.0292 e. The molecule has 0 radical (unpaired) electrons.